The lowest BCUT2D eigenvalue weighted by Gasteiger charge is -2.29. The number of rotatable bonds is 9. The zero-order chi connectivity index (χ0) is 23.2. The van der Waals surface area contributed by atoms with Crippen molar-refractivity contribution in [1.82, 2.24) is 15.3 Å². The van der Waals surface area contributed by atoms with Gasteiger partial charge in [-0.3, -0.25) is 0 Å². The summed E-state index contributed by atoms with van der Waals surface area (Å²) in [7, 11) is 7.41. The predicted molar refractivity (Wildman–Crippen MR) is 134 cm³/mol. The van der Waals surface area contributed by atoms with Gasteiger partial charge >= 0.3 is 0 Å². The summed E-state index contributed by atoms with van der Waals surface area (Å²) in [6.07, 6.45) is 4.71. The molecule has 1 aliphatic rings. The number of aromatic nitrogens is 2. The molecule has 33 heavy (non-hydrogen) atoms. The van der Waals surface area contributed by atoms with E-state index in [0.29, 0.717) is 17.9 Å². The van der Waals surface area contributed by atoms with Gasteiger partial charge in [-0.1, -0.05) is 24.3 Å². The van der Waals surface area contributed by atoms with Crippen molar-refractivity contribution in [3.63, 3.8) is 0 Å². The average molecular weight is 450 g/mol. The van der Waals surface area contributed by atoms with Crippen LogP contribution < -0.4 is 25.0 Å². The zero-order valence-corrected chi connectivity index (χ0v) is 20.1. The summed E-state index contributed by atoms with van der Waals surface area (Å²) in [4.78, 5) is 11.5. The summed E-state index contributed by atoms with van der Waals surface area (Å²) in [5.41, 5.74) is 2.10. The summed E-state index contributed by atoms with van der Waals surface area (Å²) in [6, 6.07) is 14.7. The van der Waals surface area contributed by atoms with Crippen LogP contribution >= 0.6 is 0 Å². The maximum atomic E-state index is 5.56. The van der Waals surface area contributed by atoms with Gasteiger partial charge in [0.2, 0.25) is 5.95 Å². The van der Waals surface area contributed by atoms with E-state index in [0.717, 1.165) is 46.9 Å². The van der Waals surface area contributed by atoms with Crippen LogP contribution in [0.4, 0.5) is 11.8 Å². The molecule has 0 amide bonds. The van der Waals surface area contributed by atoms with Gasteiger partial charge in [0, 0.05) is 44.2 Å². The van der Waals surface area contributed by atoms with Crippen molar-refractivity contribution in [2.45, 2.75) is 38.3 Å². The van der Waals surface area contributed by atoms with E-state index in [4.69, 9.17) is 19.4 Å². The van der Waals surface area contributed by atoms with Crippen molar-refractivity contribution in [2.75, 3.05) is 45.1 Å². The Hall–Kier alpha value is -3.06. The summed E-state index contributed by atoms with van der Waals surface area (Å²) in [5, 5.41) is 8.29. The highest BCUT2D eigenvalue weighted by atomic mass is 16.5. The standard InChI is InChI=1S/C26H35N5O2/c1-31(2)25-21-9-5-6-10-22(21)29-26(30-25)28-16-18-12-14-20(15-13-18)27-17-19-8-7-11-23(32-3)24(19)33-4/h5-11,18,20,27H,12-17H2,1-4H3,(H,28,29,30). The minimum atomic E-state index is 0.523. The van der Waals surface area contributed by atoms with Crippen molar-refractivity contribution in [3.05, 3.63) is 48.0 Å². The molecule has 0 unspecified atom stereocenters. The second kappa shape index (κ2) is 10.7. The molecule has 176 valence electrons. The lowest BCUT2D eigenvalue weighted by Crippen LogP contribution is -2.34. The van der Waals surface area contributed by atoms with Gasteiger partial charge in [0.1, 0.15) is 5.82 Å². The second-order valence-corrected chi connectivity index (χ2v) is 8.91. The molecule has 2 aromatic carbocycles. The fraction of sp³-hybridized carbons (Fsp3) is 0.462. The molecule has 7 nitrogen and oxygen atoms in total. The van der Waals surface area contributed by atoms with Gasteiger partial charge < -0.3 is 25.0 Å². The summed E-state index contributed by atoms with van der Waals surface area (Å²) < 4.78 is 11.0. The van der Waals surface area contributed by atoms with Gasteiger partial charge in [0.15, 0.2) is 11.5 Å². The second-order valence-electron chi connectivity index (χ2n) is 8.91. The van der Waals surface area contributed by atoms with Crippen LogP contribution in [0.25, 0.3) is 10.9 Å². The number of nitrogens with zero attached hydrogens (tertiary/aromatic N) is 3. The van der Waals surface area contributed by atoms with E-state index < -0.39 is 0 Å². The lowest BCUT2D eigenvalue weighted by atomic mass is 9.86. The zero-order valence-electron chi connectivity index (χ0n) is 20.1. The van der Waals surface area contributed by atoms with E-state index in [9.17, 15) is 0 Å². The first-order valence-electron chi connectivity index (χ1n) is 11.7. The molecule has 1 fully saturated rings. The van der Waals surface area contributed by atoms with E-state index in [1.807, 2.05) is 49.3 Å². The summed E-state index contributed by atoms with van der Waals surface area (Å²) in [6.45, 7) is 1.69. The van der Waals surface area contributed by atoms with Crippen molar-refractivity contribution in [1.29, 1.82) is 0 Å². The van der Waals surface area contributed by atoms with Crippen molar-refractivity contribution < 1.29 is 9.47 Å². The van der Waals surface area contributed by atoms with Gasteiger partial charge in [-0.25, -0.2) is 4.98 Å². The number of benzene rings is 2. The number of nitrogens with one attached hydrogen (secondary N) is 2. The fourth-order valence-corrected chi connectivity index (χ4v) is 4.63. The molecular weight excluding hydrogens is 414 g/mol. The van der Waals surface area contributed by atoms with Crippen LogP contribution in [0, 0.1) is 5.92 Å². The first kappa shape index (κ1) is 23.1. The van der Waals surface area contributed by atoms with Crippen LogP contribution in [0.3, 0.4) is 0 Å². The molecule has 1 saturated carbocycles. The fourth-order valence-electron chi connectivity index (χ4n) is 4.63. The molecule has 0 atom stereocenters. The number of anilines is 2. The number of para-hydroxylation sites is 2. The van der Waals surface area contributed by atoms with Gasteiger partial charge in [-0.15, -0.1) is 0 Å². The van der Waals surface area contributed by atoms with E-state index in [1.165, 1.54) is 25.7 Å². The summed E-state index contributed by atoms with van der Waals surface area (Å²) in [5.74, 6) is 3.89. The number of hydrogen-bond acceptors (Lipinski definition) is 7. The van der Waals surface area contributed by atoms with Crippen LogP contribution in [0.1, 0.15) is 31.2 Å². The third kappa shape index (κ3) is 5.47. The Morgan fingerprint density at radius 2 is 1.73 bits per heavy atom. The monoisotopic (exact) mass is 449 g/mol. The molecule has 2 N–H and O–H groups in total. The molecule has 1 aliphatic carbocycles. The van der Waals surface area contributed by atoms with E-state index in [-0.39, 0.29) is 0 Å². The van der Waals surface area contributed by atoms with Gasteiger partial charge in [-0.2, -0.15) is 4.98 Å². The third-order valence-corrected chi connectivity index (χ3v) is 6.47. The number of ether oxygens (including phenoxy) is 2. The number of methoxy groups -OCH3 is 2. The van der Waals surface area contributed by atoms with E-state index in [2.05, 4.69) is 22.8 Å². The Morgan fingerprint density at radius 3 is 2.45 bits per heavy atom. The van der Waals surface area contributed by atoms with Crippen molar-refractivity contribution in [2.24, 2.45) is 5.92 Å². The van der Waals surface area contributed by atoms with Gasteiger partial charge in [0.25, 0.3) is 0 Å². The van der Waals surface area contributed by atoms with Gasteiger partial charge in [0.05, 0.1) is 19.7 Å². The molecule has 0 bridgehead atoms. The van der Waals surface area contributed by atoms with E-state index >= 15 is 0 Å². The normalized spacial score (nSPS) is 18.2. The Labute approximate surface area is 196 Å². The number of hydrogen-bond donors (Lipinski definition) is 2. The van der Waals surface area contributed by atoms with Crippen molar-refractivity contribution in [3.8, 4) is 11.5 Å². The Kier molecular flexibility index (Phi) is 7.50. The molecule has 7 heteroatoms. The third-order valence-electron chi connectivity index (χ3n) is 6.47. The van der Waals surface area contributed by atoms with Gasteiger partial charge in [-0.05, 0) is 49.8 Å². The predicted octanol–water partition coefficient (Wildman–Crippen LogP) is 4.47. The molecule has 0 spiro atoms. The maximum Gasteiger partial charge on any atom is 0.225 e. The maximum absolute atomic E-state index is 5.56. The molecule has 0 radical (unpaired) electrons. The van der Waals surface area contributed by atoms with Crippen LogP contribution in [0.5, 0.6) is 11.5 Å². The molecule has 1 heterocycles. The van der Waals surface area contributed by atoms with Crippen LogP contribution in [0.15, 0.2) is 42.5 Å². The van der Waals surface area contributed by atoms with Crippen molar-refractivity contribution >= 4 is 22.7 Å². The van der Waals surface area contributed by atoms with Crippen LogP contribution in [0.2, 0.25) is 0 Å². The highest BCUT2D eigenvalue weighted by molar-refractivity contribution is 5.90. The molecule has 0 saturated heterocycles. The smallest absolute Gasteiger partial charge is 0.225 e. The minimum Gasteiger partial charge on any atom is -0.493 e. The first-order chi connectivity index (χ1) is 16.1. The number of fused-ring (bicyclic) bond motifs is 1. The lowest BCUT2D eigenvalue weighted by molar-refractivity contribution is 0.297. The quantitative estimate of drug-likeness (QED) is 0.499. The van der Waals surface area contributed by atoms with Crippen LogP contribution in [-0.2, 0) is 6.54 Å². The highest BCUT2D eigenvalue weighted by Crippen LogP contribution is 2.31. The Balaban J connectivity index is 1.29. The first-order valence-corrected chi connectivity index (χ1v) is 11.7. The van der Waals surface area contributed by atoms with E-state index in [1.54, 1.807) is 14.2 Å². The highest BCUT2D eigenvalue weighted by Gasteiger charge is 2.22. The molecule has 3 aromatic rings. The van der Waals surface area contributed by atoms with Crippen LogP contribution in [-0.4, -0.2) is 50.9 Å². The molecule has 4 rings (SSSR count). The largest absolute Gasteiger partial charge is 0.493 e. The molecule has 0 aliphatic heterocycles. The topological polar surface area (TPSA) is 71.5 Å². The Bertz CT molecular complexity index is 1060. The molecule has 1 aromatic heterocycles. The average Bonchev–Trinajstić information content (AvgIpc) is 2.85. The minimum absolute atomic E-state index is 0.523. The summed E-state index contributed by atoms with van der Waals surface area (Å²) >= 11 is 0. The molecular formula is C26H35N5O2. The Morgan fingerprint density at radius 1 is 0.939 bits per heavy atom. The SMILES string of the molecule is COc1cccc(CNC2CCC(CNc3nc(N(C)C)c4ccccc4n3)CC2)c1OC.